The van der Waals surface area contributed by atoms with Crippen molar-refractivity contribution >= 4 is 5.91 Å². The van der Waals surface area contributed by atoms with Gasteiger partial charge in [0.25, 0.3) is 0 Å². The first-order valence-corrected chi connectivity index (χ1v) is 9.86. The number of rotatable bonds is 16. The van der Waals surface area contributed by atoms with E-state index in [-0.39, 0.29) is 12.1 Å². The van der Waals surface area contributed by atoms with Crippen LogP contribution in [-0.2, 0) is 4.79 Å². The van der Waals surface area contributed by atoms with Crippen molar-refractivity contribution in [3.8, 4) is 0 Å². The van der Waals surface area contributed by atoms with Crippen molar-refractivity contribution in [3.05, 3.63) is 12.2 Å². The van der Waals surface area contributed by atoms with Gasteiger partial charge in [-0.3, -0.25) is 4.79 Å². The molecule has 0 spiro atoms. The van der Waals surface area contributed by atoms with Gasteiger partial charge in [-0.15, -0.1) is 0 Å². The van der Waals surface area contributed by atoms with Crippen LogP contribution in [0.3, 0.4) is 0 Å². The van der Waals surface area contributed by atoms with E-state index in [1.165, 1.54) is 70.6 Å². The van der Waals surface area contributed by atoms with Crippen molar-refractivity contribution in [1.82, 2.24) is 5.32 Å². The van der Waals surface area contributed by atoms with Crippen molar-refractivity contribution in [1.29, 1.82) is 0 Å². The molecule has 0 fully saturated rings. The van der Waals surface area contributed by atoms with Gasteiger partial charge >= 0.3 is 0 Å². The van der Waals surface area contributed by atoms with E-state index in [0.717, 1.165) is 12.8 Å². The number of nitrogens with two attached hydrogens (primary N) is 1. The standard InChI is InChI=1S/C20H40N2O/c1-3-4-5-6-7-8-9-10-11-12-13-14-15-16-17-18-20(23)22-19(2)21/h10-11,19H,3-9,12-18,21H2,1-2H3,(H,22,23). The zero-order valence-electron chi connectivity index (χ0n) is 15.6. The lowest BCUT2D eigenvalue weighted by atomic mass is 10.1. The Morgan fingerprint density at radius 1 is 0.870 bits per heavy atom. The van der Waals surface area contributed by atoms with Crippen LogP contribution in [0.1, 0.15) is 104 Å². The van der Waals surface area contributed by atoms with Crippen LogP contribution in [0.5, 0.6) is 0 Å². The van der Waals surface area contributed by atoms with E-state index in [9.17, 15) is 4.79 Å². The maximum atomic E-state index is 11.4. The molecule has 0 radical (unpaired) electrons. The van der Waals surface area contributed by atoms with Gasteiger partial charge in [-0.2, -0.15) is 0 Å². The smallest absolute Gasteiger partial charge is 0.221 e. The Hall–Kier alpha value is -0.830. The van der Waals surface area contributed by atoms with Crippen LogP contribution < -0.4 is 11.1 Å². The summed E-state index contributed by atoms with van der Waals surface area (Å²) < 4.78 is 0. The highest BCUT2D eigenvalue weighted by Crippen LogP contribution is 2.09. The van der Waals surface area contributed by atoms with Gasteiger partial charge in [0.2, 0.25) is 5.91 Å². The van der Waals surface area contributed by atoms with E-state index in [4.69, 9.17) is 5.73 Å². The fourth-order valence-electron chi connectivity index (χ4n) is 2.68. The Labute approximate surface area is 144 Å². The minimum absolute atomic E-state index is 0.0811. The van der Waals surface area contributed by atoms with Gasteiger partial charge in [-0.25, -0.2) is 0 Å². The fraction of sp³-hybridized carbons (Fsp3) is 0.850. The average Bonchev–Trinajstić information content (AvgIpc) is 2.50. The summed E-state index contributed by atoms with van der Waals surface area (Å²) in [5, 5.41) is 2.72. The van der Waals surface area contributed by atoms with Crippen molar-refractivity contribution in [2.45, 2.75) is 110 Å². The topological polar surface area (TPSA) is 55.1 Å². The molecule has 23 heavy (non-hydrogen) atoms. The first-order valence-electron chi connectivity index (χ1n) is 9.86. The normalized spacial score (nSPS) is 12.7. The van der Waals surface area contributed by atoms with Gasteiger partial charge in [-0.05, 0) is 39.0 Å². The van der Waals surface area contributed by atoms with E-state index in [0.29, 0.717) is 6.42 Å². The second kappa shape index (κ2) is 17.5. The number of allylic oxidation sites excluding steroid dienone is 2. The number of hydrogen-bond donors (Lipinski definition) is 2. The zero-order valence-corrected chi connectivity index (χ0v) is 15.6. The van der Waals surface area contributed by atoms with Gasteiger partial charge in [0.15, 0.2) is 0 Å². The summed E-state index contributed by atoms with van der Waals surface area (Å²) in [6.45, 7) is 4.06. The van der Waals surface area contributed by atoms with Gasteiger partial charge in [0.05, 0.1) is 6.17 Å². The highest BCUT2D eigenvalue weighted by Gasteiger charge is 2.02. The van der Waals surface area contributed by atoms with Crippen molar-refractivity contribution in [3.63, 3.8) is 0 Å². The summed E-state index contributed by atoms with van der Waals surface area (Å²) in [6.07, 6.45) is 21.7. The second-order valence-electron chi connectivity index (χ2n) is 6.69. The molecule has 0 bridgehead atoms. The van der Waals surface area contributed by atoms with Gasteiger partial charge in [-0.1, -0.05) is 70.4 Å². The molecule has 3 heteroatoms. The quantitative estimate of drug-likeness (QED) is 0.225. The van der Waals surface area contributed by atoms with E-state index in [1.54, 1.807) is 6.92 Å². The lowest BCUT2D eigenvalue weighted by molar-refractivity contribution is -0.121. The van der Waals surface area contributed by atoms with E-state index < -0.39 is 0 Å². The van der Waals surface area contributed by atoms with E-state index in [1.807, 2.05) is 0 Å². The molecule has 0 aliphatic carbocycles. The predicted octanol–water partition coefficient (Wildman–Crippen LogP) is 5.44. The molecule has 0 saturated heterocycles. The summed E-state index contributed by atoms with van der Waals surface area (Å²) in [6, 6.07) is 0. The maximum Gasteiger partial charge on any atom is 0.221 e. The molecule has 0 aromatic carbocycles. The summed E-state index contributed by atoms with van der Waals surface area (Å²) >= 11 is 0. The molecule has 0 aliphatic heterocycles. The molecule has 0 rings (SSSR count). The van der Waals surface area contributed by atoms with Gasteiger partial charge in [0, 0.05) is 6.42 Å². The molecule has 1 unspecified atom stereocenters. The van der Waals surface area contributed by atoms with Crippen LogP contribution in [-0.4, -0.2) is 12.1 Å². The van der Waals surface area contributed by atoms with Crippen LogP contribution >= 0.6 is 0 Å². The third kappa shape index (κ3) is 19.1. The molecule has 0 aliphatic rings. The fourth-order valence-corrected chi connectivity index (χ4v) is 2.68. The van der Waals surface area contributed by atoms with Crippen LogP contribution in [0, 0.1) is 0 Å². The first-order chi connectivity index (χ1) is 11.2. The molecule has 0 saturated carbocycles. The Balaban J connectivity index is 3.18. The Morgan fingerprint density at radius 3 is 1.87 bits per heavy atom. The van der Waals surface area contributed by atoms with E-state index in [2.05, 4.69) is 24.4 Å². The summed E-state index contributed by atoms with van der Waals surface area (Å²) in [4.78, 5) is 11.4. The Bertz CT molecular complexity index is 287. The van der Waals surface area contributed by atoms with Crippen LogP contribution in [0.2, 0.25) is 0 Å². The second-order valence-corrected chi connectivity index (χ2v) is 6.69. The number of hydrogen-bond acceptors (Lipinski definition) is 2. The molecule has 3 nitrogen and oxygen atoms in total. The van der Waals surface area contributed by atoms with E-state index >= 15 is 0 Å². The van der Waals surface area contributed by atoms with Crippen LogP contribution in [0.15, 0.2) is 12.2 Å². The molecule has 0 aromatic heterocycles. The summed E-state index contributed by atoms with van der Waals surface area (Å²) in [7, 11) is 0. The minimum atomic E-state index is -0.231. The number of amides is 1. The SMILES string of the molecule is CCCCCCCCC=CCCCCCCCC(=O)NC(C)N. The molecule has 0 heterocycles. The average molecular weight is 325 g/mol. The van der Waals surface area contributed by atoms with Crippen LogP contribution in [0.4, 0.5) is 0 Å². The first kappa shape index (κ1) is 22.2. The Morgan fingerprint density at radius 2 is 1.35 bits per heavy atom. The monoisotopic (exact) mass is 324 g/mol. The molecule has 1 amide bonds. The summed E-state index contributed by atoms with van der Waals surface area (Å²) in [5.41, 5.74) is 5.51. The molecular weight excluding hydrogens is 284 g/mol. The van der Waals surface area contributed by atoms with Gasteiger partial charge in [0.1, 0.15) is 0 Å². The predicted molar refractivity (Wildman–Crippen MR) is 101 cm³/mol. The maximum absolute atomic E-state index is 11.4. The lowest BCUT2D eigenvalue weighted by Gasteiger charge is -2.07. The summed E-state index contributed by atoms with van der Waals surface area (Å²) in [5.74, 6) is 0.0811. The third-order valence-electron chi connectivity index (χ3n) is 4.05. The molecule has 0 aromatic rings. The van der Waals surface area contributed by atoms with Crippen molar-refractivity contribution in [2.75, 3.05) is 0 Å². The molecule has 136 valence electrons. The number of nitrogens with one attached hydrogen (secondary N) is 1. The molecule has 1 atom stereocenters. The highest BCUT2D eigenvalue weighted by molar-refractivity contribution is 5.75. The van der Waals surface area contributed by atoms with Gasteiger partial charge < -0.3 is 11.1 Å². The molecular formula is C20H40N2O. The van der Waals surface area contributed by atoms with Crippen LogP contribution in [0.25, 0.3) is 0 Å². The zero-order chi connectivity index (χ0) is 17.2. The molecule has 3 N–H and O–H groups in total. The Kier molecular flexibility index (Phi) is 16.9. The van der Waals surface area contributed by atoms with Crippen molar-refractivity contribution in [2.24, 2.45) is 5.73 Å². The number of carbonyl (C=O) groups is 1. The lowest BCUT2D eigenvalue weighted by Crippen LogP contribution is -2.38. The largest absolute Gasteiger partial charge is 0.341 e. The minimum Gasteiger partial charge on any atom is -0.341 e. The van der Waals surface area contributed by atoms with Crippen molar-refractivity contribution < 1.29 is 4.79 Å². The number of carbonyl (C=O) groups excluding carboxylic acids is 1. The number of unbranched alkanes of at least 4 members (excludes halogenated alkanes) is 11. The highest BCUT2D eigenvalue weighted by atomic mass is 16.1. The third-order valence-corrected chi connectivity index (χ3v) is 4.05.